The van der Waals surface area contributed by atoms with Gasteiger partial charge in [0.1, 0.15) is 6.54 Å². The fourth-order valence-electron chi connectivity index (χ4n) is 2.10. The van der Waals surface area contributed by atoms with Crippen LogP contribution >= 0.6 is 11.8 Å². The Morgan fingerprint density at radius 2 is 2.35 bits per heavy atom. The minimum Gasteiger partial charge on any atom is -0.381 e. The molecule has 0 saturated carbocycles. The molecule has 5 nitrogen and oxygen atoms in total. The summed E-state index contributed by atoms with van der Waals surface area (Å²) in [7, 11) is 0. The molecule has 2 aliphatic rings. The lowest BCUT2D eigenvalue weighted by atomic mass is 9.93. The number of hydrogen-bond donors (Lipinski definition) is 1. The van der Waals surface area contributed by atoms with E-state index in [1.807, 2.05) is 6.07 Å². The number of nitrogens with zero attached hydrogens (tertiary/aromatic N) is 2. The van der Waals surface area contributed by atoms with Gasteiger partial charge in [-0.1, -0.05) is 16.9 Å². The third-order valence-corrected chi connectivity index (χ3v) is 4.38. The van der Waals surface area contributed by atoms with Gasteiger partial charge in [-0.2, -0.15) is 0 Å². The Hall–Kier alpha value is -1.01. The number of hydrogen-bond acceptors (Lipinski definition) is 5. The summed E-state index contributed by atoms with van der Waals surface area (Å²) in [6.45, 7) is 2.26. The predicted octanol–water partition coefficient (Wildman–Crippen LogP) is 1.42. The maximum Gasteiger partial charge on any atom is 0.158 e. The van der Waals surface area contributed by atoms with Crippen LogP contribution in [0.2, 0.25) is 0 Å². The number of ether oxygens (including phenoxy) is 1. The largest absolute Gasteiger partial charge is 0.381 e. The second kappa shape index (κ2) is 4.70. The molecule has 3 rings (SSSR count). The number of rotatable bonds is 2. The normalized spacial score (nSPS) is 25.3. The fourth-order valence-corrected chi connectivity index (χ4v) is 3.31. The van der Waals surface area contributed by atoms with Crippen LogP contribution in [0.5, 0.6) is 0 Å². The summed E-state index contributed by atoms with van der Waals surface area (Å²) in [5.41, 5.74) is 0.211. The van der Waals surface area contributed by atoms with E-state index in [0.717, 1.165) is 42.7 Å². The quantitative estimate of drug-likeness (QED) is 0.863. The SMILES string of the molecule is c1cc(CN=C2NC3(CCOCC3)CS2)on1. The van der Waals surface area contributed by atoms with Crippen molar-refractivity contribution in [1.29, 1.82) is 0 Å². The molecular formula is C11H15N3O2S. The molecule has 0 unspecified atom stereocenters. The van der Waals surface area contributed by atoms with Gasteiger partial charge in [-0.05, 0) is 12.8 Å². The third kappa shape index (κ3) is 2.47. The van der Waals surface area contributed by atoms with Gasteiger partial charge in [0.05, 0.1) is 11.7 Å². The molecule has 1 aromatic rings. The predicted molar refractivity (Wildman–Crippen MR) is 66.0 cm³/mol. The van der Waals surface area contributed by atoms with Crippen molar-refractivity contribution in [3.05, 3.63) is 18.0 Å². The average Bonchev–Trinajstić information content (AvgIpc) is 2.98. The Balaban J connectivity index is 1.61. The van der Waals surface area contributed by atoms with Gasteiger partial charge < -0.3 is 14.6 Å². The number of nitrogens with one attached hydrogen (secondary N) is 1. The summed E-state index contributed by atoms with van der Waals surface area (Å²) < 4.78 is 10.4. The van der Waals surface area contributed by atoms with E-state index in [2.05, 4.69) is 15.5 Å². The van der Waals surface area contributed by atoms with Crippen LogP contribution in [0, 0.1) is 0 Å². The second-order valence-electron chi connectivity index (χ2n) is 4.41. The van der Waals surface area contributed by atoms with E-state index in [1.165, 1.54) is 0 Å². The van der Waals surface area contributed by atoms with Crippen LogP contribution < -0.4 is 5.32 Å². The summed E-state index contributed by atoms with van der Waals surface area (Å²) in [5, 5.41) is 8.22. The summed E-state index contributed by atoms with van der Waals surface area (Å²) in [6, 6.07) is 1.84. The highest BCUT2D eigenvalue weighted by molar-refractivity contribution is 8.14. The molecule has 17 heavy (non-hydrogen) atoms. The molecule has 1 N–H and O–H groups in total. The Morgan fingerprint density at radius 1 is 1.47 bits per heavy atom. The van der Waals surface area contributed by atoms with Gasteiger partial charge in [0.2, 0.25) is 0 Å². The molecule has 0 amide bonds. The molecule has 2 aliphatic heterocycles. The van der Waals surface area contributed by atoms with Crippen LogP contribution in [0.3, 0.4) is 0 Å². The zero-order valence-electron chi connectivity index (χ0n) is 9.52. The van der Waals surface area contributed by atoms with Gasteiger partial charge in [-0.3, -0.25) is 4.99 Å². The minimum atomic E-state index is 0.211. The zero-order chi connectivity index (χ0) is 11.6. The number of aliphatic imine (C=N–C) groups is 1. The maximum absolute atomic E-state index is 5.40. The van der Waals surface area contributed by atoms with E-state index in [0.29, 0.717) is 6.54 Å². The number of thioether (sulfide) groups is 1. The van der Waals surface area contributed by atoms with Crippen LogP contribution in [-0.2, 0) is 11.3 Å². The first-order valence-corrected chi connectivity index (χ1v) is 6.78. The highest BCUT2D eigenvalue weighted by Crippen LogP contribution is 2.31. The van der Waals surface area contributed by atoms with Gasteiger partial charge in [-0.25, -0.2) is 0 Å². The molecule has 1 spiro atoms. The third-order valence-electron chi connectivity index (χ3n) is 3.18. The zero-order valence-corrected chi connectivity index (χ0v) is 10.3. The second-order valence-corrected chi connectivity index (χ2v) is 5.37. The van der Waals surface area contributed by atoms with Crippen LogP contribution in [-0.4, -0.2) is 34.8 Å². The lowest BCUT2D eigenvalue weighted by molar-refractivity contribution is 0.0555. The molecule has 6 heteroatoms. The smallest absolute Gasteiger partial charge is 0.158 e. The molecule has 0 aromatic carbocycles. The summed E-state index contributed by atoms with van der Waals surface area (Å²) in [6.07, 6.45) is 3.79. The molecule has 0 atom stereocenters. The molecule has 2 saturated heterocycles. The van der Waals surface area contributed by atoms with Crippen molar-refractivity contribution >= 4 is 16.9 Å². The van der Waals surface area contributed by atoms with Gasteiger partial charge >= 0.3 is 0 Å². The molecule has 1 aromatic heterocycles. The van der Waals surface area contributed by atoms with Gasteiger partial charge in [0, 0.05) is 25.0 Å². The number of amidine groups is 1. The van der Waals surface area contributed by atoms with Crippen molar-refractivity contribution in [1.82, 2.24) is 10.5 Å². The van der Waals surface area contributed by atoms with Crippen LogP contribution in [0.25, 0.3) is 0 Å². The van der Waals surface area contributed by atoms with E-state index in [9.17, 15) is 0 Å². The first-order chi connectivity index (χ1) is 8.36. The van der Waals surface area contributed by atoms with Crippen LogP contribution in [0.15, 0.2) is 21.8 Å². The van der Waals surface area contributed by atoms with E-state index in [4.69, 9.17) is 9.26 Å². The first-order valence-electron chi connectivity index (χ1n) is 5.79. The van der Waals surface area contributed by atoms with Crippen molar-refractivity contribution < 1.29 is 9.26 Å². The standard InChI is InChI=1S/C11H15N3O2S/c1-4-13-16-9(1)7-12-10-14-11(8-17-10)2-5-15-6-3-11/h1,4H,2-3,5-8H2,(H,12,14). The van der Waals surface area contributed by atoms with Crippen molar-refractivity contribution in [2.45, 2.75) is 24.9 Å². The average molecular weight is 253 g/mol. The molecule has 0 aliphatic carbocycles. The van der Waals surface area contributed by atoms with E-state index < -0.39 is 0 Å². The molecule has 2 fully saturated rings. The molecule has 92 valence electrons. The lowest BCUT2D eigenvalue weighted by Crippen LogP contribution is -2.48. The van der Waals surface area contributed by atoms with Crippen LogP contribution in [0.1, 0.15) is 18.6 Å². The van der Waals surface area contributed by atoms with E-state index >= 15 is 0 Å². The summed E-state index contributed by atoms with van der Waals surface area (Å²) in [4.78, 5) is 4.51. The highest BCUT2D eigenvalue weighted by atomic mass is 32.2. The van der Waals surface area contributed by atoms with E-state index in [-0.39, 0.29) is 5.54 Å². The van der Waals surface area contributed by atoms with E-state index in [1.54, 1.807) is 18.0 Å². The number of aromatic nitrogens is 1. The summed E-state index contributed by atoms with van der Waals surface area (Å²) >= 11 is 1.79. The monoisotopic (exact) mass is 253 g/mol. The van der Waals surface area contributed by atoms with Gasteiger partial charge in [-0.15, -0.1) is 0 Å². The summed E-state index contributed by atoms with van der Waals surface area (Å²) in [5.74, 6) is 1.89. The van der Waals surface area contributed by atoms with Gasteiger partial charge in [0.15, 0.2) is 10.9 Å². The van der Waals surface area contributed by atoms with Crippen LogP contribution in [0.4, 0.5) is 0 Å². The maximum atomic E-state index is 5.40. The molecule has 0 radical (unpaired) electrons. The molecule has 3 heterocycles. The highest BCUT2D eigenvalue weighted by Gasteiger charge is 2.38. The van der Waals surface area contributed by atoms with Crippen molar-refractivity contribution in [3.8, 4) is 0 Å². The minimum absolute atomic E-state index is 0.211. The Morgan fingerprint density at radius 3 is 3.12 bits per heavy atom. The Labute approximate surface area is 104 Å². The Bertz CT molecular complexity index is 399. The topological polar surface area (TPSA) is 59.7 Å². The van der Waals surface area contributed by atoms with Crippen molar-refractivity contribution in [2.75, 3.05) is 19.0 Å². The molecule has 0 bridgehead atoms. The van der Waals surface area contributed by atoms with Crippen molar-refractivity contribution in [3.63, 3.8) is 0 Å². The van der Waals surface area contributed by atoms with Gasteiger partial charge in [0.25, 0.3) is 0 Å². The van der Waals surface area contributed by atoms with Crippen molar-refractivity contribution in [2.24, 2.45) is 4.99 Å². The Kier molecular flexibility index (Phi) is 3.07. The first kappa shape index (κ1) is 11.1. The molecular weight excluding hydrogens is 238 g/mol. The fraction of sp³-hybridized carbons (Fsp3) is 0.636. The lowest BCUT2D eigenvalue weighted by Gasteiger charge is -2.32.